The van der Waals surface area contributed by atoms with E-state index in [0.29, 0.717) is 13.0 Å². The van der Waals surface area contributed by atoms with E-state index in [1.165, 1.54) is 128 Å². The van der Waals surface area contributed by atoms with Gasteiger partial charge in [-0.15, -0.1) is 0 Å². The second-order valence-electron chi connectivity index (χ2n) is 15.2. The number of carbonyl (C=O) groups excluding carboxylic acids is 1. The average molecular weight is 802 g/mol. The molecule has 324 valence electrons. The van der Waals surface area contributed by atoms with Crippen LogP contribution in [0.3, 0.4) is 0 Å². The van der Waals surface area contributed by atoms with Crippen molar-refractivity contribution in [1.29, 1.82) is 0 Å². The summed E-state index contributed by atoms with van der Waals surface area (Å²) in [6, 6.07) is -1.47. The molecule has 0 aliphatic carbocycles. The normalized spacial score (nSPS) is 14.1. The van der Waals surface area contributed by atoms with Crippen LogP contribution in [0.5, 0.6) is 0 Å². The predicted molar refractivity (Wildman–Crippen MR) is 226 cm³/mol. The Balaban J connectivity index is 4.22. The van der Waals surface area contributed by atoms with Crippen molar-refractivity contribution >= 4 is 19.8 Å². The minimum Gasteiger partial charge on any atom is -0.480 e. The number of nitrogens with two attached hydrogens (primary N) is 1. The zero-order valence-electron chi connectivity index (χ0n) is 35.3. The molecule has 0 spiro atoms. The van der Waals surface area contributed by atoms with E-state index in [9.17, 15) is 19.0 Å². The smallest absolute Gasteiger partial charge is 0.472 e. The highest BCUT2D eigenvalue weighted by Gasteiger charge is 2.27. The average Bonchev–Trinajstić information content (AvgIpc) is 3.16. The summed E-state index contributed by atoms with van der Waals surface area (Å²) in [5.41, 5.74) is 5.36. The van der Waals surface area contributed by atoms with Gasteiger partial charge in [0.25, 0.3) is 0 Å². The highest BCUT2D eigenvalue weighted by atomic mass is 31.2. The van der Waals surface area contributed by atoms with Crippen molar-refractivity contribution in [1.82, 2.24) is 0 Å². The minimum absolute atomic E-state index is 0.0179. The Bertz CT molecular complexity index is 977. The van der Waals surface area contributed by atoms with Crippen LogP contribution < -0.4 is 5.73 Å². The number of hydrogen-bond donors (Lipinski definition) is 3. The number of allylic oxidation sites excluding steroid dienone is 4. The number of carboxylic acids is 1. The standard InChI is InChI=1S/C44H84NO9P/c1-3-5-7-9-11-13-15-17-19-20-21-22-24-26-28-30-32-34-36-43(46)54-41(39-52-55(49,50)53-40-42(45)44(47)48)38-51-37-35-33-31-29-27-25-23-18-16-14-12-10-8-6-4-2/h13,15,19-20,41-42H,3-12,14,16-18,21-40,45H2,1-2H3,(H,47,48)(H,49,50)/b15-13-,20-19-. The molecule has 4 N–H and O–H groups in total. The molecule has 0 heterocycles. The van der Waals surface area contributed by atoms with Crippen LogP contribution in [0.15, 0.2) is 24.3 Å². The fourth-order valence-electron chi connectivity index (χ4n) is 6.22. The van der Waals surface area contributed by atoms with Crippen LogP contribution >= 0.6 is 7.82 Å². The molecule has 0 aliphatic rings. The second kappa shape index (κ2) is 40.6. The molecule has 55 heavy (non-hydrogen) atoms. The Kier molecular flexibility index (Phi) is 39.5. The third-order valence-electron chi connectivity index (χ3n) is 9.73. The van der Waals surface area contributed by atoms with Gasteiger partial charge in [0, 0.05) is 13.0 Å². The van der Waals surface area contributed by atoms with Gasteiger partial charge in [0.1, 0.15) is 12.1 Å². The lowest BCUT2D eigenvalue weighted by Crippen LogP contribution is -2.34. The van der Waals surface area contributed by atoms with Gasteiger partial charge in [0.2, 0.25) is 0 Å². The van der Waals surface area contributed by atoms with Gasteiger partial charge >= 0.3 is 19.8 Å². The van der Waals surface area contributed by atoms with Crippen LogP contribution in [-0.4, -0.2) is 60.5 Å². The van der Waals surface area contributed by atoms with Gasteiger partial charge in [0.15, 0.2) is 0 Å². The van der Waals surface area contributed by atoms with Gasteiger partial charge < -0.3 is 25.2 Å². The van der Waals surface area contributed by atoms with Gasteiger partial charge in [-0.05, 0) is 44.9 Å². The lowest BCUT2D eigenvalue weighted by molar-refractivity contribution is -0.154. The fourth-order valence-corrected chi connectivity index (χ4v) is 7.00. The molecule has 0 fully saturated rings. The van der Waals surface area contributed by atoms with Crippen molar-refractivity contribution in [3.05, 3.63) is 24.3 Å². The third kappa shape index (κ3) is 40.4. The molecule has 0 aromatic heterocycles. The molecule has 0 bridgehead atoms. The Labute approximate surface area is 336 Å². The molecule has 0 radical (unpaired) electrons. The zero-order chi connectivity index (χ0) is 40.5. The van der Waals surface area contributed by atoms with Crippen molar-refractivity contribution in [2.75, 3.05) is 26.4 Å². The van der Waals surface area contributed by atoms with Crippen molar-refractivity contribution in [3.63, 3.8) is 0 Å². The number of carboxylic acid groups (broad SMARTS) is 1. The molecule has 0 aromatic carbocycles. The van der Waals surface area contributed by atoms with Gasteiger partial charge in [-0.2, -0.15) is 0 Å². The van der Waals surface area contributed by atoms with Gasteiger partial charge in [0.05, 0.1) is 19.8 Å². The third-order valence-corrected chi connectivity index (χ3v) is 10.7. The van der Waals surface area contributed by atoms with Crippen LogP contribution in [0.2, 0.25) is 0 Å². The van der Waals surface area contributed by atoms with E-state index >= 15 is 0 Å². The topological polar surface area (TPSA) is 155 Å². The van der Waals surface area contributed by atoms with E-state index in [4.69, 9.17) is 29.4 Å². The lowest BCUT2D eigenvalue weighted by atomic mass is 10.0. The number of carbonyl (C=O) groups is 2. The molecule has 0 aliphatic heterocycles. The fraction of sp³-hybridized carbons (Fsp3) is 0.864. The van der Waals surface area contributed by atoms with Crippen LogP contribution in [0.4, 0.5) is 0 Å². The summed E-state index contributed by atoms with van der Waals surface area (Å²) in [4.78, 5) is 33.5. The van der Waals surface area contributed by atoms with Gasteiger partial charge in [-0.3, -0.25) is 18.6 Å². The first-order chi connectivity index (χ1) is 26.7. The predicted octanol–water partition coefficient (Wildman–Crippen LogP) is 12.3. The first kappa shape index (κ1) is 53.5. The Morgan fingerprint density at radius 3 is 1.49 bits per heavy atom. The monoisotopic (exact) mass is 802 g/mol. The number of esters is 1. The molecule has 10 nitrogen and oxygen atoms in total. The van der Waals surface area contributed by atoms with E-state index in [1.54, 1.807) is 0 Å². The summed E-state index contributed by atoms with van der Waals surface area (Å²) in [6.07, 6.45) is 43.6. The van der Waals surface area contributed by atoms with Gasteiger partial charge in [-0.1, -0.05) is 179 Å². The van der Waals surface area contributed by atoms with E-state index in [-0.39, 0.29) is 13.0 Å². The van der Waals surface area contributed by atoms with Crippen molar-refractivity contribution in [3.8, 4) is 0 Å². The van der Waals surface area contributed by atoms with Gasteiger partial charge in [-0.25, -0.2) is 4.57 Å². The summed E-state index contributed by atoms with van der Waals surface area (Å²) in [5.74, 6) is -1.78. The zero-order valence-corrected chi connectivity index (χ0v) is 36.2. The summed E-state index contributed by atoms with van der Waals surface area (Å²) in [6.45, 7) is 3.88. The second-order valence-corrected chi connectivity index (χ2v) is 16.6. The molecular formula is C44H84NO9P. The maximum atomic E-state index is 12.6. The summed E-state index contributed by atoms with van der Waals surface area (Å²) in [7, 11) is -4.61. The number of ether oxygens (including phenoxy) is 2. The lowest BCUT2D eigenvalue weighted by Gasteiger charge is -2.20. The summed E-state index contributed by atoms with van der Waals surface area (Å²) in [5, 5.41) is 8.90. The molecule has 3 atom stereocenters. The molecule has 0 saturated carbocycles. The number of phosphoric ester groups is 1. The molecule has 0 aromatic rings. The van der Waals surface area contributed by atoms with E-state index in [0.717, 1.165) is 51.4 Å². The highest BCUT2D eigenvalue weighted by Crippen LogP contribution is 2.43. The molecule has 11 heteroatoms. The maximum absolute atomic E-state index is 12.6. The Hall–Kier alpha value is -1.55. The molecular weight excluding hydrogens is 717 g/mol. The van der Waals surface area contributed by atoms with E-state index in [2.05, 4.69) is 38.2 Å². The van der Waals surface area contributed by atoms with Crippen LogP contribution in [0.1, 0.15) is 206 Å². The Morgan fingerprint density at radius 1 is 0.582 bits per heavy atom. The molecule has 0 amide bonds. The largest absolute Gasteiger partial charge is 0.480 e. The highest BCUT2D eigenvalue weighted by molar-refractivity contribution is 7.47. The van der Waals surface area contributed by atoms with Crippen LogP contribution in [0, 0.1) is 0 Å². The summed E-state index contributed by atoms with van der Waals surface area (Å²) >= 11 is 0. The maximum Gasteiger partial charge on any atom is 0.472 e. The SMILES string of the molecule is CCCCCC/C=C\C/C=C\CCCCCCCCCC(=O)OC(COCCCCCCCCCCCCCCCCC)COP(=O)(O)OCC(N)C(=O)O. The van der Waals surface area contributed by atoms with Crippen LogP contribution in [0.25, 0.3) is 0 Å². The van der Waals surface area contributed by atoms with Crippen molar-refractivity contribution in [2.45, 2.75) is 219 Å². The van der Waals surface area contributed by atoms with Crippen molar-refractivity contribution in [2.24, 2.45) is 5.73 Å². The van der Waals surface area contributed by atoms with E-state index in [1.807, 2.05) is 0 Å². The molecule has 3 unspecified atom stereocenters. The number of rotatable bonds is 43. The number of aliphatic carboxylic acids is 1. The molecule has 0 saturated heterocycles. The number of unbranched alkanes of at least 4 members (excludes halogenated alkanes) is 25. The number of phosphoric acid groups is 1. The number of hydrogen-bond acceptors (Lipinski definition) is 8. The van der Waals surface area contributed by atoms with Crippen LogP contribution in [-0.2, 0) is 32.7 Å². The quantitative estimate of drug-likeness (QED) is 0.0235. The van der Waals surface area contributed by atoms with E-state index < -0.39 is 45.1 Å². The first-order valence-corrected chi connectivity index (χ1v) is 23.9. The Morgan fingerprint density at radius 2 is 1.00 bits per heavy atom. The first-order valence-electron chi connectivity index (χ1n) is 22.4. The summed E-state index contributed by atoms with van der Waals surface area (Å²) < 4.78 is 33.4. The minimum atomic E-state index is -4.61. The van der Waals surface area contributed by atoms with Crippen molar-refractivity contribution < 1.29 is 42.7 Å². The molecule has 0 rings (SSSR count).